The molecular weight excluding hydrogens is 540 g/mol. The van der Waals surface area contributed by atoms with Crippen LogP contribution in [0.15, 0.2) is 96.4 Å². The van der Waals surface area contributed by atoms with E-state index in [-0.39, 0.29) is 18.2 Å². The second kappa shape index (κ2) is 12.1. The van der Waals surface area contributed by atoms with E-state index in [1.54, 1.807) is 18.2 Å². The normalized spacial score (nSPS) is 14.0. The van der Waals surface area contributed by atoms with Crippen LogP contribution in [0, 0.1) is 25.2 Å². The third-order valence-electron chi connectivity index (χ3n) is 6.51. The van der Waals surface area contributed by atoms with E-state index in [9.17, 15) is 10.1 Å². The van der Waals surface area contributed by atoms with Crippen molar-refractivity contribution in [2.75, 3.05) is 6.61 Å². The number of allylic oxidation sites excluding steroid dienone is 1. The Balaban J connectivity index is 1.29. The first-order valence-electron chi connectivity index (χ1n) is 12.9. The van der Waals surface area contributed by atoms with Gasteiger partial charge >= 0.3 is 5.97 Å². The summed E-state index contributed by atoms with van der Waals surface area (Å²) in [6.45, 7) is 4.06. The van der Waals surface area contributed by atoms with Crippen LogP contribution in [0.4, 0.5) is 0 Å². The van der Waals surface area contributed by atoms with Crippen molar-refractivity contribution in [1.29, 1.82) is 5.26 Å². The molecule has 4 aromatic carbocycles. The van der Waals surface area contributed by atoms with Gasteiger partial charge in [0.15, 0.2) is 6.61 Å². The summed E-state index contributed by atoms with van der Waals surface area (Å²) in [6, 6.07) is 27.8. The highest BCUT2D eigenvalue weighted by molar-refractivity contribution is 6.30. The highest BCUT2D eigenvalue weighted by Crippen LogP contribution is 2.43. The molecule has 41 heavy (non-hydrogen) atoms. The minimum Gasteiger partial charge on any atom is -0.489 e. The first-order valence-corrected chi connectivity index (χ1v) is 13.3. The first-order chi connectivity index (χ1) is 19.8. The zero-order valence-electron chi connectivity index (χ0n) is 22.5. The average Bonchev–Trinajstić information content (AvgIpc) is 2.95. The van der Waals surface area contributed by atoms with Gasteiger partial charge < -0.3 is 24.7 Å². The number of rotatable bonds is 8. The van der Waals surface area contributed by atoms with E-state index in [4.69, 9.17) is 36.3 Å². The standard InChI is InChI=1S/C33H27ClN2O5/c1-20-13-21(2)15-27(14-20)39-19-31(37)40-26-11-12-28-30(16-26)41-33(36)29(17-35)32(28)23-5-9-25(10-6-23)38-18-22-3-7-24(34)8-4-22/h3-16,32H,18-19,36H2,1-2H3. The van der Waals surface area contributed by atoms with Crippen molar-refractivity contribution in [3.8, 4) is 29.1 Å². The van der Waals surface area contributed by atoms with Crippen LogP contribution in [0.25, 0.3) is 0 Å². The molecule has 1 heterocycles. The van der Waals surface area contributed by atoms with Crippen molar-refractivity contribution in [3.05, 3.63) is 129 Å². The summed E-state index contributed by atoms with van der Waals surface area (Å²) >= 11 is 5.95. The summed E-state index contributed by atoms with van der Waals surface area (Å²) in [4.78, 5) is 12.5. The van der Waals surface area contributed by atoms with Crippen LogP contribution in [0.1, 0.15) is 33.7 Å². The molecule has 0 fully saturated rings. The lowest BCUT2D eigenvalue weighted by Crippen LogP contribution is -2.21. The number of fused-ring (bicyclic) bond motifs is 1. The zero-order chi connectivity index (χ0) is 28.9. The number of nitrogens with zero attached hydrogens (tertiary/aromatic N) is 1. The number of hydrogen-bond acceptors (Lipinski definition) is 7. The molecule has 1 aliphatic rings. The molecule has 0 saturated carbocycles. The monoisotopic (exact) mass is 566 g/mol. The number of halogens is 1. The van der Waals surface area contributed by atoms with E-state index in [0.29, 0.717) is 34.5 Å². The molecule has 0 saturated heterocycles. The number of hydrogen-bond donors (Lipinski definition) is 1. The Labute approximate surface area is 243 Å². The van der Waals surface area contributed by atoms with E-state index < -0.39 is 11.9 Å². The van der Waals surface area contributed by atoms with Gasteiger partial charge in [0.1, 0.15) is 41.2 Å². The van der Waals surface area contributed by atoms with Crippen LogP contribution in [0.2, 0.25) is 5.02 Å². The fraction of sp³-hybridized carbons (Fsp3) is 0.152. The van der Waals surface area contributed by atoms with Crippen LogP contribution in [-0.4, -0.2) is 12.6 Å². The van der Waals surface area contributed by atoms with E-state index in [0.717, 1.165) is 27.8 Å². The lowest BCUT2D eigenvalue weighted by atomic mass is 9.83. The Morgan fingerprint density at radius 2 is 1.59 bits per heavy atom. The summed E-state index contributed by atoms with van der Waals surface area (Å²) in [6.07, 6.45) is 0. The Morgan fingerprint density at radius 3 is 2.27 bits per heavy atom. The second-order valence-corrected chi connectivity index (χ2v) is 10.1. The minimum atomic E-state index is -0.563. The molecule has 0 aliphatic carbocycles. The lowest BCUT2D eigenvalue weighted by molar-refractivity contribution is -0.136. The zero-order valence-corrected chi connectivity index (χ0v) is 23.3. The molecule has 1 atom stereocenters. The summed E-state index contributed by atoms with van der Waals surface area (Å²) in [5.41, 5.74) is 11.1. The van der Waals surface area contributed by atoms with Crippen LogP contribution < -0.4 is 24.7 Å². The number of aryl methyl sites for hydroxylation is 2. The van der Waals surface area contributed by atoms with Gasteiger partial charge in [0.2, 0.25) is 5.88 Å². The number of carbonyl (C=O) groups excluding carboxylic acids is 1. The maximum Gasteiger partial charge on any atom is 0.349 e. The molecule has 0 aromatic heterocycles. The van der Waals surface area contributed by atoms with Gasteiger partial charge in [-0.05, 0) is 78.6 Å². The number of ether oxygens (including phenoxy) is 4. The van der Waals surface area contributed by atoms with E-state index in [1.165, 1.54) is 0 Å². The van der Waals surface area contributed by atoms with Crippen LogP contribution in [-0.2, 0) is 11.4 Å². The number of nitriles is 1. The van der Waals surface area contributed by atoms with Crippen molar-refractivity contribution in [3.63, 3.8) is 0 Å². The summed E-state index contributed by atoms with van der Waals surface area (Å²) in [7, 11) is 0. The van der Waals surface area contributed by atoms with Gasteiger partial charge in [-0.1, -0.05) is 48.0 Å². The molecule has 206 valence electrons. The molecule has 4 aromatic rings. The van der Waals surface area contributed by atoms with Gasteiger partial charge in [0.25, 0.3) is 0 Å². The number of benzene rings is 4. The fourth-order valence-corrected chi connectivity index (χ4v) is 4.79. The molecule has 5 rings (SSSR count). The molecular formula is C33H27ClN2O5. The van der Waals surface area contributed by atoms with Crippen molar-refractivity contribution < 1.29 is 23.7 Å². The van der Waals surface area contributed by atoms with Crippen molar-refractivity contribution in [2.45, 2.75) is 26.4 Å². The largest absolute Gasteiger partial charge is 0.489 e. The molecule has 0 amide bonds. The Morgan fingerprint density at radius 1 is 0.902 bits per heavy atom. The maximum atomic E-state index is 12.5. The summed E-state index contributed by atoms with van der Waals surface area (Å²) in [5, 5.41) is 10.5. The molecule has 8 heteroatoms. The Kier molecular flexibility index (Phi) is 8.14. The van der Waals surface area contributed by atoms with Crippen LogP contribution in [0.3, 0.4) is 0 Å². The quantitative estimate of drug-likeness (QED) is 0.186. The van der Waals surface area contributed by atoms with Crippen LogP contribution >= 0.6 is 11.6 Å². The number of nitrogens with two attached hydrogens (primary N) is 1. The average molecular weight is 567 g/mol. The molecule has 0 bridgehead atoms. The van der Waals surface area contributed by atoms with Gasteiger partial charge in [0, 0.05) is 16.7 Å². The predicted molar refractivity (Wildman–Crippen MR) is 155 cm³/mol. The van der Waals surface area contributed by atoms with Crippen molar-refractivity contribution in [1.82, 2.24) is 0 Å². The molecule has 7 nitrogen and oxygen atoms in total. The third-order valence-corrected chi connectivity index (χ3v) is 6.76. The van der Waals surface area contributed by atoms with Gasteiger partial charge in [-0.3, -0.25) is 0 Å². The predicted octanol–water partition coefficient (Wildman–Crippen LogP) is 6.74. The van der Waals surface area contributed by atoms with Gasteiger partial charge in [0.05, 0.1) is 5.92 Å². The number of carbonyl (C=O) groups is 1. The van der Waals surface area contributed by atoms with Gasteiger partial charge in [-0.25, -0.2) is 4.79 Å². The molecule has 1 unspecified atom stereocenters. The van der Waals surface area contributed by atoms with Gasteiger partial charge in [-0.2, -0.15) is 5.26 Å². The molecule has 2 N–H and O–H groups in total. The summed E-state index contributed by atoms with van der Waals surface area (Å²) in [5.74, 6) is 0.912. The third kappa shape index (κ3) is 6.63. The highest BCUT2D eigenvalue weighted by Gasteiger charge is 2.31. The number of esters is 1. The minimum absolute atomic E-state index is 0.00491. The fourth-order valence-electron chi connectivity index (χ4n) is 4.67. The smallest absolute Gasteiger partial charge is 0.349 e. The SMILES string of the molecule is Cc1cc(C)cc(OCC(=O)Oc2ccc3c(c2)OC(N)=C(C#N)C3c2ccc(OCc3ccc(Cl)cc3)cc2)c1. The second-order valence-electron chi connectivity index (χ2n) is 9.69. The maximum absolute atomic E-state index is 12.5. The van der Waals surface area contributed by atoms with Crippen molar-refractivity contribution in [2.24, 2.45) is 5.73 Å². The van der Waals surface area contributed by atoms with Crippen LogP contribution in [0.5, 0.6) is 23.0 Å². The topological polar surface area (TPSA) is 104 Å². The van der Waals surface area contributed by atoms with E-state index in [2.05, 4.69) is 6.07 Å². The summed E-state index contributed by atoms with van der Waals surface area (Å²) < 4.78 is 22.8. The molecule has 0 radical (unpaired) electrons. The van der Waals surface area contributed by atoms with Crippen molar-refractivity contribution >= 4 is 17.6 Å². The Hall–Kier alpha value is -4.93. The van der Waals surface area contributed by atoms with E-state index in [1.807, 2.05) is 80.6 Å². The van der Waals surface area contributed by atoms with E-state index >= 15 is 0 Å². The lowest BCUT2D eigenvalue weighted by Gasteiger charge is -2.26. The first kappa shape index (κ1) is 27.6. The molecule has 1 aliphatic heterocycles. The van der Waals surface area contributed by atoms with Gasteiger partial charge in [-0.15, -0.1) is 0 Å². The highest BCUT2D eigenvalue weighted by atomic mass is 35.5. The molecule has 0 spiro atoms. The Bertz CT molecular complexity index is 1640.